The summed E-state index contributed by atoms with van der Waals surface area (Å²) in [4.78, 5) is 12.6. The standard InChI is InChI=1S/C21H16Cl2N2O2/c1-12-4-3-5-13(2)19(12)25-21(26)16(10-24)7-14-6-15-8-17(22)9-18(23)20(15)27-11-14/h3-9H,11H2,1-2H3,(H,25,26)/b16-7-. The third-order valence-corrected chi connectivity index (χ3v) is 4.67. The molecule has 0 aliphatic carbocycles. The van der Waals surface area contributed by atoms with E-state index in [-0.39, 0.29) is 12.2 Å². The Labute approximate surface area is 167 Å². The molecule has 0 bridgehead atoms. The Balaban J connectivity index is 1.89. The molecular formula is C21H16Cl2N2O2. The molecule has 1 N–H and O–H groups in total. The lowest BCUT2D eigenvalue weighted by Gasteiger charge is -2.18. The molecule has 136 valence electrons. The Hall–Kier alpha value is -2.74. The lowest BCUT2D eigenvalue weighted by atomic mass is 10.0. The molecule has 1 aliphatic rings. The molecule has 0 fully saturated rings. The van der Waals surface area contributed by atoms with Crippen LogP contribution >= 0.6 is 23.2 Å². The number of ether oxygens (including phenoxy) is 1. The largest absolute Gasteiger partial charge is 0.487 e. The number of nitrogens with zero attached hydrogens (tertiary/aromatic N) is 1. The van der Waals surface area contributed by atoms with Crippen molar-refractivity contribution in [3.05, 3.63) is 74.3 Å². The van der Waals surface area contributed by atoms with E-state index >= 15 is 0 Å². The van der Waals surface area contributed by atoms with Gasteiger partial charge < -0.3 is 10.1 Å². The van der Waals surface area contributed by atoms with E-state index in [0.29, 0.717) is 32.6 Å². The van der Waals surface area contributed by atoms with Gasteiger partial charge in [-0.3, -0.25) is 4.79 Å². The molecule has 4 nitrogen and oxygen atoms in total. The number of rotatable bonds is 3. The number of para-hydroxylation sites is 1. The average Bonchev–Trinajstić information content (AvgIpc) is 2.62. The predicted molar refractivity (Wildman–Crippen MR) is 108 cm³/mol. The smallest absolute Gasteiger partial charge is 0.266 e. The van der Waals surface area contributed by atoms with Crippen LogP contribution in [-0.2, 0) is 4.79 Å². The van der Waals surface area contributed by atoms with Crippen LogP contribution in [-0.4, -0.2) is 12.5 Å². The molecule has 0 aromatic heterocycles. The van der Waals surface area contributed by atoms with Crippen molar-refractivity contribution in [3.63, 3.8) is 0 Å². The molecule has 0 unspecified atom stereocenters. The quantitative estimate of drug-likeness (QED) is 0.550. The van der Waals surface area contributed by atoms with E-state index in [9.17, 15) is 10.1 Å². The molecule has 2 aromatic rings. The van der Waals surface area contributed by atoms with Crippen LogP contribution in [0.5, 0.6) is 5.75 Å². The molecular weight excluding hydrogens is 383 g/mol. The maximum atomic E-state index is 12.6. The van der Waals surface area contributed by atoms with Crippen molar-refractivity contribution >= 4 is 40.9 Å². The number of aryl methyl sites for hydroxylation is 2. The summed E-state index contributed by atoms with van der Waals surface area (Å²) in [5.74, 6) is 0.0717. The summed E-state index contributed by atoms with van der Waals surface area (Å²) in [6.45, 7) is 4.01. The third kappa shape index (κ3) is 4.16. The number of fused-ring (bicyclic) bond motifs is 1. The van der Waals surface area contributed by atoms with Crippen molar-refractivity contribution in [1.82, 2.24) is 0 Å². The number of amides is 1. The highest BCUT2D eigenvalue weighted by molar-refractivity contribution is 6.36. The first-order chi connectivity index (χ1) is 12.9. The molecule has 0 spiro atoms. The average molecular weight is 399 g/mol. The fraction of sp³-hybridized carbons (Fsp3) is 0.143. The minimum absolute atomic E-state index is 0.0101. The van der Waals surface area contributed by atoms with E-state index in [0.717, 1.165) is 11.1 Å². The predicted octanol–water partition coefficient (Wildman–Crippen LogP) is 5.47. The second kappa shape index (κ2) is 7.87. The Morgan fingerprint density at radius 3 is 2.63 bits per heavy atom. The van der Waals surface area contributed by atoms with Crippen LogP contribution in [0.3, 0.4) is 0 Å². The minimum Gasteiger partial charge on any atom is -0.487 e. The van der Waals surface area contributed by atoms with E-state index in [2.05, 4.69) is 5.32 Å². The lowest BCUT2D eigenvalue weighted by Crippen LogP contribution is -2.16. The van der Waals surface area contributed by atoms with Crippen molar-refractivity contribution in [3.8, 4) is 11.8 Å². The zero-order valence-corrected chi connectivity index (χ0v) is 16.3. The van der Waals surface area contributed by atoms with Crippen molar-refractivity contribution < 1.29 is 9.53 Å². The maximum absolute atomic E-state index is 12.6. The summed E-state index contributed by atoms with van der Waals surface area (Å²) in [5, 5.41) is 13.2. The fourth-order valence-corrected chi connectivity index (χ4v) is 3.41. The van der Waals surface area contributed by atoms with Crippen molar-refractivity contribution in [2.75, 3.05) is 11.9 Å². The summed E-state index contributed by atoms with van der Waals surface area (Å²) >= 11 is 12.2. The fourth-order valence-electron chi connectivity index (χ4n) is 2.85. The van der Waals surface area contributed by atoms with Gasteiger partial charge in [0.15, 0.2) is 0 Å². The summed E-state index contributed by atoms with van der Waals surface area (Å²) in [7, 11) is 0. The number of halogens is 2. The van der Waals surface area contributed by atoms with E-state index in [1.807, 2.05) is 38.1 Å². The van der Waals surface area contributed by atoms with Crippen LogP contribution in [0.25, 0.3) is 6.08 Å². The Morgan fingerprint density at radius 1 is 1.26 bits per heavy atom. The molecule has 3 rings (SSSR count). The first kappa shape index (κ1) is 19.0. The number of anilines is 1. The highest BCUT2D eigenvalue weighted by atomic mass is 35.5. The SMILES string of the molecule is Cc1cccc(C)c1NC(=O)/C(C#N)=C\C1=Cc2cc(Cl)cc(Cl)c2OC1. The van der Waals surface area contributed by atoms with Gasteiger partial charge in [-0.15, -0.1) is 0 Å². The molecule has 2 aromatic carbocycles. The van der Waals surface area contributed by atoms with Gasteiger partial charge >= 0.3 is 0 Å². The first-order valence-electron chi connectivity index (χ1n) is 8.21. The Kier molecular flexibility index (Phi) is 5.55. The number of hydrogen-bond donors (Lipinski definition) is 1. The van der Waals surface area contributed by atoms with E-state index in [4.69, 9.17) is 27.9 Å². The van der Waals surface area contributed by atoms with E-state index in [1.165, 1.54) is 6.08 Å². The third-order valence-electron chi connectivity index (χ3n) is 4.18. The second-order valence-corrected chi connectivity index (χ2v) is 7.05. The highest BCUT2D eigenvalue weighted by Crippen LogP contribution is 2.36. The summed E-state index contributed by atoms with van der Waals surface area (Å²) in [5.41, 5.74) is 3.94. The van der Waals surface area contributed by atoms with Crippen LogP contribution in [0.15, 0.2) is 47.6 Å². The van der Waals surface area contributed by atoms with Crippen LogP contribution in [0.4, 0.5) is 5.69 Å². The van der Waals surface area contributed by atoms with E-state index < -0.39 is 5.91 Å². The van der Waals surface area contributed by atoms with Gasteiger partial charge in [-0.1, -0.05) is 41.4 Å². The Morgan fingerprint density at radius 2 is 1.96 bits per heavy atom. The molecule has 6 heteroatoms. The Bertz CT molecular complexity index is 1010. The van der Waals surface area contributed by atoms with Gasteiger partial charge in [0.25, 0.3) is 5.91 Å². The minimum atomic E-state index is -0.467. The molecule has 0 saturated heterocycles. The number of hydrogen-bond acceptors (Lipinski definition) is 3. The van der Waals surface area contributed by atoms with Gasteiger partial charge in [-0.05, 0) is 54.8 Å². The molecule has 0 saturated carbocycles. The van der Waals surface area contributed by atoms with Gasteiger partial charge in [-0.2, -0.15) is 5.26 Å². The first-order valence-corrected chi connectivity index (χ1v) is 8.96. The number of benzene rings is 2. The maximum Gasteiger partial charge on any atom is 0.266 e. The van der Waals surface area contributed by atoms with Gasteiger partial charge in [0.1, 0.15) is 24.0 Å². The van der Waals surface area contributed by atoms with Crippen molar-refractivity contribution in [2.24, 2.45) is 0 Å². The van der Waals surface area contributed by atoms with Gasteiger partial charge in [0, 0.05) is 16.3 Å². The normalized spacial score (nSPS) is 13.1. The topological polar surface area (TPSA) is 62.1 Å². The van der Waals surface area contributed by atoms with Crippen molar-refractivity contribution in [2.45, 2.75) is 13.8 Å². The number of nitrogens with one attached hydrogen (secondary N) is 1. The molecule has 1 heterocycles. The van der Waals surface area contributed by atoms with Gasteiger partial charge in [0.2, 0.25) is 0 Å². The summed E-state index contributed by atoms with van der Waals surface area (Å²) in [6, 6.07) is 11.0. The molecule has 0 radical (unpaired) electrons. The molecule has 1 amide bonds. The van der Waals surface area contributed by atoms with Crippen LogP contribution in [0, 0.1) is 25.2 Å². The van der Waals surface area contributed by atoms with Crippen LogP contribution < -0.4 is 10.1 Å². The van der Waals surface area contributed by atoms with Gasteiger partial charge in [-0.25, -0.2) is 0 Å². The zero-order valence-electron chi connectivity index (χ0n) is 14.8. The lowest BCUT2D eigenvalue weighted by molar-refractivity contribution is -0.112. The number of nitriles is 1. The van der Waals surface area contributed by atoms with Crippen molar-refractivity contribution in [1.29, 1.82) is 5.26 Å². The summed E-state index contributed by atoms with van der Waals surface area (Å²) in [6.07, 6.45) is 3.32. The zero-order chi connectivity index (χ0) is 19.6. The van der Waals surface area contributed by atoms with E-state index in [1.54, 1.807) is 18.2 Å². The second-order valence-electron chi connectivity index (χ2n) is 6.20. The monoisotopic (exact) mass is 398 g/mol. The molecule has 27 heavy (non-hydrogen) atoms. The van der Waals surface area contributed by atoms with Gasteiger partial charge in [0.05, 0.1) is 5.02 Å². The number of carbonyl (C=O) groups is 1. The van der Waals surface area contributed by atoms with Crippen LogP contribution in [0.2, 0.25) is 10.0 Å². The molecule has 1 aliphatic heterocycles. The number of carbonyl (C=O) groups excluding carboxylic acids is 1. The molecule has 0 atom stereocenters. The van der Waals surface area contributed by atoms with Crippen LogP contribution in [0.1, 0.15) is 16.7 Å². The summed E-state index contributed by atoms with van der Waals surface area (Å²) < 4.78 is 5.66. The highest BCUT2D eigenvalue weighted by Gasteiger charge is 2.17.